The molecule has 2 aliphatic heterocycles. The molecular weight excluding hydrogens is 471 g/mol. The van der Waals surface area contributed by atoms with Crippen LogP contribution in [-0.4, -0.2) is 38.7 Å². The van der Waals surface area contributed by atoms with Gasteiger partial charge in [0.05, 0.1) is 36.8 Å². The second-order valence-electron chi connectivity index (χ2n) is 7.22. The Hall–Kier alpha value is -2.22. The van der Waals surface area contributed by atoms with Crippen molar-refractivity contribution in [2.45, 2.75) is 12.8 Å². The Morgan fingerprint density at radius 1 is 1.00 bits per heavy atom. The monoisotopic (exact) mass is 488 g/mol. The van der Waals surface area contributed by atoms with Gasteiger partial charge in [-0.05, 0) is 30.0 Å². The maximum atomic E-state index is 12.6. The van der Waals surface area contributed by atoms with Crippen molar-refractivity contribution in [2.75, 3.05) is 27.6 Å². The Morgan fingerprint density at radius 2 is 1.61 bits per heavy atom. The Labute approximate surface area is 193 Å². The van der Waals surface area contributed by atoms with Gasteiger partial charge in [-0.1, -0.05) is 34.8 Å². The van der Waals surface area contributed by atoms with E-state index in [2.05, 4.69) is 0 Å². The van der Waals surface area contributed by atoms with Crippen molar-refractivity contribution in [2.24, 2.45) is 11.8 Å². The topological polar surface area (TPSA) is 83.5 Å². The second-order valence-corrected chi connectivity index (χ2v) is 8.39. The molecule has 4 rings (SSSR count). The maximum absolute atomic E-state index is 12.6. The number of benzene rings is 2. The van der Waals surface area contributed by atoms with Crippen LogP contribution in [0.1, 0.15) is 11.1 Å². The van der Waals surface area contributed by atoms with Crippen LogP contribution >= 0.6 is 34.8 Å². The number of halogens is 3. The summed E-state index contributed by atoms with van der Waals surface area (Å²) >= 11 is 19.3. The fraction of sp³-hybridized carbons (Fsp3) is 0.381. The molecule has 31 heavy (non-hydrogen) atoms. The molecule has 7 nitrogen and oxygen atoms in total. The molecule has 0 unspecified atom stereocenters. The van der Waals surface area contributed by atoms with Gasteiger partial charge in [0.15, 0.2) is 23.0 Å². The smallest absolute Gasteiger partial charge is 0.309 e. The number of fused-ring (bicyclic) bond motifs is 1. The van der Waals surface area contributed by atoms with Gasteiger partial charge in [-0.15, -0.1) is 0 Å². The lowest BCUT2D eigenvalue weighted by molar-refractivity contribution is -0.141. The Bertz CT molecular complexity index is 1010. The fourth-order valence-electron chi connectivity index (χ4n) is 3.91. The molecule has 2 aromatic rings. The maximum Gasteiger partial charge on any atom is 0.309 e. The number of hydrogen-bond acceptors (Lipinski definition) is 7. The van der Waals surface area contributed by atoms with E-state index in [-0.39, 0.29) is 59.0 Å². The molecule has 0 spiro atoms. The highest BCUT2D eigenvalue weighted by Gasteiger charge is 2.39. The summed E-state index contributed by atoms with van der Waals surface area (Å²) in [6.45, 7) is 0.375. The van der Waals surface area contributed by atoms with E-state index in [0.717, 1.165) is 5.56 Å². The van der Waals surface area contributed by atoms with Crippen LogP contribution in [0.2, 0.25) is 15.1 Å². The molecule has 1 fully saturated rings. The van der Waals surface area contributed by atoms with E-state index in [1.165, 1.54) is 14.2 Å². The third kappa shape index (κ3) is 3.90. The van der Waals surface area contributed by atoms with E-state index < -0.39 is 5.92 Å². The molecule has 1 saturated heterocycles. The summed E-state index contributed by atoms with van der Waals surface area (Å²) in [5.74, 6) is -0.120. The van der Waals surface area contributed by atoms with Crippen molar-refractivity contribution >= 4 is 40.8 Å². The minimum absolute atomic E-state index is 0.0275. The zero-order valence-corrected chi connectivity index (χ0v) is 18.9. The highest BCUT2D eigenvalue weighted by atomic mass is 35.5. The van der Waals surface area contributed by atoms with Gasteiger partial charge < -0.3 is 28.8 Å². The molecule has 166 valence electrons. The minimum atomic E-state index is -0.532. The quantitative estimate of drug-likeness (QED) is 0.590. The lowest BCUT2D eigenvalue weighted by Crippen LogP contribution is -2.21. The predicted molar refractivity (Wildman–Crippen MR) is 114 cm³/mol. The normalized spacial score (nSPS) is 19.5. The molecule has 0 radical (unpaired) electrons. The van der Waals surface area contributed by atoms with Crippen molar-refractivity contribution in [3.05, 3.63) is 38.3 Å². The number of aromatic hydroxyl groups is 1. The van der Waals surface area contributed by atoms with Gasteiger partial charge in [-0.25, -0.2) is 0 Å². The summed E-state index contributed by atoms with van der Waals surface area (Å²) in [6, 6.07) is 3.52. The summed E-state index contributed by atoms with van der Waals surface area (Å²) in [5, 5.41) is 11.0. The van der Waals surface area contributed by atoms with Crippen molar-refractivity contribution in [3.8, 4) is 28.7 Å². The Kier molecular flexibility index (Phi) is 6.19. The second kappa shape index (κ2) is 8.73. The van der Waals surface area contributed by atoms with Gasteiger partial charge in [-0.3, -0.25) is 4.79 Å². The number of phenols is 1. The van der Waals surface area contributed by atoms with E-state index in [9.17, 15) is 9.90 Å². The molecule has 2 heterocycles. The largest absolute Gasteiger partial charge is 0.502 e. The van der Waals surface area contributed by atoms with Gasteiger partial charge in [0, 0.05) is 17.0 Å². The number of rotatable bonds is 6. The fourth-order valence-corrected chi connectivity index (χ4v) is 4.86. The molecule has 0 bridgehead atoms. The number of methoxy groups -OCH3 is 2. The predicted octanol–water partition coefficient (Wildman–Crippen LogP) is 4.67. The van der Waals surface area contributed by atoms with Crippen LogP contribution in [0.25, 0.3) is 0 Å². The number of phenolic OH excluding ortho intramolecular Hbond substituents is 1. The van der Waals surface area contributed by atoms with E-state index in [1.807, 2.05) is 6.07 Å². The number of hydrogen-bond donors (Lipinski definition) is 1. The zero-order chi connectivity index (χ0) is 22.3. The molecule has 10 heteroatoms. The molecule has 2 atom stereocenters. The minimum Gasteiger partial charge on any atom is -0.502 e. The Balaban J connectivity index is 1.65. The zero-order valence-electron chi connectivity index (χ0n) is 16.7. The van der Waals surface area contributed by atoms with E-state index >= 15 is 0 Å². The number of carbonyl (C=O) groups is 1. The van der Waals surface area contributed by atoms with Crippen molar-refractivity contribution in [3.63, 3.8) is 0 Å². The Morgan fingerprint density at radius 3 is 2.23 bits per heavy atom. The summed E-state index contributed by atoms with van der Waals surface area (Å²) in [4.78, 5) is 12.6. The van der Waals surface area contributed by atoms with E-state index in [1.54, 1.807) is 6.07 Å². The summed E-state index contributed by atoms with van der Waals surface area (Å²) in [7, 11) is 2.73. The van der Waals surface area contributed by atoms with Crippen LogP contribution in [0.3, 0.4) is 0 Å². The number of ether oxygens (including phenoxy) is 5. The summed E-state index contributed by atoms with van der Waals surface area (Å²) in [5.41, 5.74) is 1.25. The molecule has 2 aromatic carbocycles. The van der Waals surface area contributed by atoms with Crippen molar-refractivity contribution < 1.29 is 33.6 Å². The number of carbonyl (C=O) groups excluding carboxylic acids is 1. The number of esters is 1. The number of cyclic esters (lactones) is 1. The first-order valence-electron chi connectivity index (χ1n) is 9.41. The van der Waals surface area contributed by atoms with Gasteiger partial charge in [0.1, 0.15) is 0 Å². The van der Waals surface area contributed by atoms with Crippen molar-refractivity contribution in [1.82, 2.24) is 0 Å². The third-order valence-electron chi connectivity index (χ3n) is 5.53. The van der Waals surface area contributed by atoms with Gasteiger partial charge in [0.25, 0.3) is 0 Å². The van der Waals surface area contributed by atoms with Crippen LogP contribution in [0.5, 0.6) is 28.7 Å². The van der Waals surface area contributed by atoms with Crippen LogP contribution in [0.15, 0.2) is 12.1 Å². The first-order chi connectivity index (χ1) is 14.8. The van der Waals surface area contributed by atoms with E-state index in [4.69, 9.17) is 58.5 Å². The van der Waals surface area contributed by atoms with Crippen LogP contribution in [0, 0.1) is 11.8 Å². The van der Waals surface area contributed by atoms with Crippen LogP contribution in [-0.2, 0) is 22.4 Å². The average molecular weight is 490 g/mol. The van der Waals surface area contributed by atoms with Gasteiger partial charge >= 0.3 is 5.97 Å². The molecule has 0 saturated carbocycles. The van der Waals surface area contributed by atoms with E-state index in [0.29, 0.717) is 28.5 Å². The van der Waals surface area contributed by atoms with Gasteiger partial charge in [-0.2, -0.15) is 0 Å². The van der Waals surface area contributed by atoms with Crippen molar-refractivity contribution in [1.29, 1.82) is 0 Å². The molecule has 1 N–H and O–H groups in total. The molecule has 0 aliphatic carbocycles. The third-order valence-corrected chi connectivity index (χ3v) is 6.68. The van der Waals surface area contributed by atoms with Crippen LogP contribution < -0.4 is 18.9 Å². The SMILES string of the molecule is COc1c(O)c(OC)c(Cl)c(C[C@@H]2C(=O)OC[C@H]2Cc2cc3c(cc2Cl)OCO3)c1Cl. The van der Waals surface area contributed by atoms with Crippen LogP contribution in [0.4, 0.5) is 0 Å². The first kappa shape index (κ1) is 22.0. The summed E-state index contributed by atoms with van der Waals surface area (Å²) < 4.78 is 26.5. The highest BCUT2D eigenvalue weighted by Crippen LogP contribution is 2.50. The highest BCUT2D eigenvalue weighted by molar-refractivity contribution is 6.38. The first-order valence-corrected chi connectivity index (χ1v) is 10.5. The lowest BCUT2D eigenvalue weighted by Gasteiger charge is -2.20. The molecule has 0 amide bonds. The summed E-state index contributed by atoms with van der Waals surface area (Å²) in [6.07, 6.45) is 0.657. The average Bonchev–Trinajstić information content (AvgIpc) is 3.32. The standard InChI is InChI=1S/C21H19Cl3O7/c1-27-19-16(23)12(17(24)20(28-2)18(19)25)5-11-10(7-29-21(11)26)3-9-4-14-15(6-13(9)22)31-8-30-14/h4,6,10-11,25H,3,5,7-8H2,1-2H3/t10-,11+/m1/s1. The molecular formula is C21H19Cl3O7. The lowest BCUT2D eigenvalue weighted by atomic mass is 9.84. The molecule has 0 aromatic heterocycles. The van der Waals surface area contributed by atoms with Gasteiger partial charge in [0.2, 0.25) is 12.5 Å². The molecule has 2 aliphatic rings.